The molecule has 1 amide bonds. The molecule has 9 heteroatoms. The van der Waals surface area contributed by atoms with E-state index in [0.717, 1.165) is 4.88 Å². The number of rotatable bonds is 5. The van der Waals surface area contributed by atoms with Crippen LogP contribution in [0.2, 0.25) is 0 Å². The Bertz CT molecular complexity index is 774. The molecular formula is C12H10N4O3S2. The average Bonchev–Trinajstić information content (AvgIpc) is 3.20. The molecule has 0 atom stereocenters. The van der Waals surface area contributed by atoms with E-state index in [4.69, 9.17) is 4.42 Å². The number of carbonyl (C=O) groups is 1. The van der Waals surface area contributed by atoms with Gasteiger partial charge >= 0.3 is 5.76 Å². The summed E-state index contributed by atoms with van der Waals surface area (Å²) >= 11 is 2.79. The smallest absolute Gasteiger partial charge is 0.387 e. The molecule has 1 N–H and O–H groups in total. The maximum Gasteiger partial charge on any atom is 0.437 e. The number of aromatic nitrogens is 3. The third kappa shape index (κ3) is 3.09. The Labute approximate surface area is 126 Å². The standard InChI is InChI=1S/C12H10N4O3S2/c17-10(8-6-20-7-14-8)13-3-4-16-12(18)19-11(15-16)9-2-1-5-21-9/h1-2,5-7H,3-4H2,(H,13,17). The minimum absolute atomic E-state index is 0.240. The minimum atomic E-state index is -0.540. The number of carbonyl (C=O) groups excluding carboxylic acids is 1. The van der Waals surface area contributed by atoms with E-state index in [9.17, 15) is 9.59 Å². The molecule has 108 valence electrons. The van der Waals surface area contributed by atoms with Crippen molar-refractivity contribution in [1.29, 1.82) is 0 Å². The molecule has 3 aromatic heterocycles. The lowest BCUT2D eigenvalue weighted by Crippen LogP contribution is -2.30. The van der Waals surface area contributed by atoms with Gasteiger partial charge in [0.15, 0.2) is 0 Å². The fourth-order valence-corrected chi connectivity index (χ4v) is 2.81. The van der Waals surface area contributed by atoms with Crippen molar-refractivity contribution in [2.24, 2.45) is 0 Å². The van der Waals surface area contributed by atoms with E-state index in [1.165, 1.54) is 27.4 Å². The summed E-state index contributed by atoms with van der Waals surface area (Å²) in [7, 11) is 0. The second-order valence-corrected chi connectivity index (χ2v) is 5.67. The summed E-state index contributed by atoms with van der Waals surface area (Å²) < 4.78 is 6.26. The van der Waals surface area contributed by atoms with Crippen molar-refractivity contribution in [1.82, 2.24) is 20.1 Å². The van der Waals surface area contributed by atoms with Gasteiger partial charge in [0.1, 0.15) is 5.69 Å². The maximum atomic E-state index is 11.7. The quantitative estimate of drug-likeness (QED) is 0.768. The largest absolute Gasteiger partial charge is 0.437 e. The molecule has 7 nitrogen and oxygen atoms in total. The van der Waals surface area contributed by atoms with Crippen LogP contribution in [0.25, 0.3) is 10.8 Å². The molecule has 21 heavy (non-hydrogen) atoms. The van der Waals surface area contributed by atoms with Gasteiger partial charge in [-0.2, -0.15) is 4.68 Å². The van der Waals surface area contributed by atoms with Gasteiger partial charge in [-0.3, -0.25) is 4.79 Å². The van der Waals surface area contributed by atoms with Crippen LogP contribution in [0.15, 0.2) is 37.6 Å². The van der Waals surface area contributed by atoms with Crippen LogP contribution in [0.5, 0.6) is 0 Å². The first kappa shape index (κ1) is 13.7. The minimum Gasteiger partial charge on any atom is -0.387 e. The van der Waals surface area contributed by atoms with Gasteiger partial charge in [-0.25, -0.2) is 9.78 Å². The topological polar surface area (TPSA) is 90.0 Å². The average molecular weight is 322 g/mol. The fourth-order valence-electron chi connectivity index (χ4n) is 1.64. The van der Waals surface area contributed by atoms with Gasteiger partial charge in [0, 0.05) is 11.9 Å². The van der Waals surface area contributed by atoms with Crippen molar-refractivity contribution in [3.63, 3.8) is 0 Å². The third-order valence-corrected chi connectivity index (χ3v) is 4.06. The molecule has 3 heterocycles. The summed E-state index contributed by atoms with van der Waals surface area (Å²) in [6.45, 7) is 0.510. The Morgan fingerprint density at radius 3 is 3.10 bits per heavy atom. The van der Waals surface area contributed by atoms with E-state index in [1.54, 1.807) is 10.9 Å². The van der Waals surface area contributed by atoms with Crippen molar-refractivity contribution in [3.8, 4) is 10.8 Å². The lowest BCUT2D eigenvalue weighted by Gasteiger charge is -2.01. The van der Waals surface area contributed by atoms with Crippen LogP contribution in [0.3, 0.4) is 0 Å². The van der Waals surface area contributed by atoms with Crippen molar-refractivity contribution in [2.45, 2.75) is 6.54 Å². The summed E-state index contributed by atoms with van der Waals surface area (Å²) in [5, 5.41) is 10.3. The normalized spacial score (nSPS) is 10.7. The SMILES string of the molecule is O=C(NCCn1nc(-c2cccs2)oc1=O)c1cscn1. The first-order valence-corrected chi connectivity index (χ1v) is 7.84. The van der Waals surface area contributed by atoms with E-state index >= 15 is 0 Å². The zero-order valence-electron chi connectivity index (χ0n) is 10.7. The zero-order chi connectivity index (χ0) is 14.7. The first-order chi connectivity index (χ1) is 10.2. The van der Waals surface area contributed by atoms with Gasteiger partial charge in [-0.1, -0.05) is 6.07 Å². The summed E-state index contributed by atoms with van der Waals surface area (Å²) in [4.78, 5) is 28.0. The molecule has 0 aromatic carbocycles. The van der Waals surface area contributed by atoms with Crippen molar-refractivity contribution in [2.75, 3.05) is 6.54 Å². The van der Waals surface area contributed by atoms with Crippen molar-refractivity contribution in [3.05, 3.63) is 44.6 Å². The molecule has 3 rings (SSSR count). The van der Waals surface area contributed by atoms with Gasteiger partial charge in [0.05, 0.1) is 16.9 Å². The molecule has 3 aromatic rings. The van der Waals surface area contributed by atoms with E-state index in [1.807, 2.05) is 17.5 Å². The van der Waals surface area contributed by atoms with E-state index in [0.29, 0.717) is 11.6 Å². The highest BCUT2D eigenvalue weighted by Gasteiger charge is 2.12. The Morgan fingerprint density at radius 2 is 2.38 bits per heavy atom. The molecular weight excluding hydrogens is 312 g/mol. The lowest BCUT2D eigenvalue weighted by atomic mass is 10.4. The number of hydrogen-bond acceptors (Lipinski definition) is 7. The van der Waals surface area contributed by atoms with Crippen molar-refractivity contribution < 1.29 is 9.21 Å². The van der Waals surface area contributed by atoms with Crippen LogP contribution in [0.4, 0.5) is 0 Å². The van der Waals surface area contributed by atoms with Crippen LogP contribution < -0.4 is 11.1 Å². The number of amides is 1. The van der Waals surface area contributed by atoms with Gasteiger partial charge in [-0.05, 0) is 11.4 Å². The second-order valence-electron chi connectivity index (χ2n) is 4.00. The van der Waals surface area contributed by atoms with E-state index < -0.39 is 5.76 Å². The third-order valence-electron chi connectivity index (χ3n) is 2.61. The molecule has 0 aliphatic heterocycles. The molecule has 0 saturated carbocycles. The van der Waals surface area contributed by atoms with Gasteiger partial charge in [-0.15, -0.1) is 27.8 Å². The maximum absolute atomic E-state index is 11.7. The lowest BCUT2D eigenvalue weighted by molar-refractivity contribution is 0.0947. The van der Waals surface area contributed by atoms with Crippen LogP contribution in [0, 0.1) is 0 Å². The Balaban J connectivity index is 1.61. The molecule has 0 fully saturated rings. The van der Waals surface area contributed by atoms with E-state index in [2.05, 4.69) is 15.4 Å². The van der Waals surface area contributed by atoms with Gasteiger partial charge in [0.25, 0.3) is 11.8 Å². The number of thiophene rings is 1. The highest BCUT2D eigenvalue weighted by molar-refractivity contribution is 7.13. The Morgan fingerprint density at radius 1 is 1.48 bits per heavy atom. The first-order valence-electron chi connectivity index (χ1n) is 6.02. The van der Waals surface area contributed by atoms with Crippen LogP contribution in [0.1, 0.15) is 10.5 Å². The predicted molar refractivity (Wildman–Crippen MR) is 78.5 cm³/mol. The zero-order valence-corrected chi connectivity index (χ0v) is 12.3. The fraction of sp³-hybridized carbons (Fsp3) is 0.167. The second kappa shape index (κ2) is 6.02. The highest BCUT2D eigenvalue weighted by atomic mass is 32.1. The van der Waals surface area contributed by atoms with Crippen LogP contribution in [-0.4, -0.2) is 27.2 Å². The Hall–Kier alpha value is -2.26. The molecule has 0 radical (unpaired) electrons. The number of hydrogen-bond donors (Lipinski definition) is 1. The molecule has 0 saturated heterocycles. The summed E-state index contributed by atoms with van der Waals surface area (Å²) in [5.41, 5.74) is 1.96. The van der Waals surface area contributed by atoms with Gasteiger partial charge < -0.3 is 9.73 Å². The van der Waals surface area contributed by atoms with Gasteiger partial charge in [0.2, 0.25) is 0 Å². The monoisotopic (exact) mass is 322 g/mol. The predicted octanol–water partition coefficient (Wildman–Crippen LogP) is 1.45. The molecule has 0 bridgehead atoms. The number of nitrogens with one attached hydrogen (secondary N) is 1. The number of nitrogens with zero attached hydrogens (tertiary/aromatic N) is 3. The summed E-state index contributed by atoms with van der Waals surface area (Å²) in [6, 6.07) is 3.68. The molecule has 0 aliphatic carbocycles. The molecule has 0 spiro atoms. The van der Waals surface area contributed by atoms with E-state index in [-0.39, 0.29) is 19.0 Å². The molecule has 0 aliphatic rings. The highest BCUT2D eigenvalue weighted by Crippen LogP contribution is 2.20. The number of thiazole rings is 1. The van der Waals surface area contributed by atoms with Crippen LogP contribution in [-0.2, 0) is 6.54 Å². The summed E-state index contributed by atoms with van der Waals surface area (Å²) in [5.74, 6) is -0.520. The van der Waals surface area contributed by atoms with Crippen molar-refractivity contribution >= 4 is 28.6 Å². The summed E-state index contributed by atoms with van der Waals surface area (Å²) in [6.07, 6.45) is 0. The van der Waals surface area contributed by atoms with Crippen LogP contribution >= 0.6 is 22.7 Å². The Kier molecular flexibility index (Phi) is 3.93. The molecule has 0 unspecified atom stereocenters.